The highest BCUT2D eigenvalue weighted by molar-refractivity contribution is 6.61. The van der Waals surface area contributed by atoms with Crippen LogP contribution in [-0.4, -0.2) is 83.5 Å². The Balaban J connectivity index is 1.69. The fourth-order valence-electron chi connectivity index (χ4n) is 5.48. The smallest absolute Gasteiger partial charge is 0.443 e. The molecular weight excluding hydrogens is 452 g/mol. The van der Waals surface area contributed by atoms with Gasteiger partial charge in [0, 0.05) is 54.3 Å². The van der Waals surface area contributed by atoms with Gasteiger partial charge in [-0.05, 0) is 58.8 Å². The largest absolute Gasteiger partial charge is 0.492 e. The molecule has 2 aliphatic rings. The van der Waals surface area contributed by atoms with Crippen molar-refractivity contribution in [1.29, 1.82) is 0 Å². The second-order valence-electron chi connectivity index (χ2n) is 10.7. The first-order valence-corrected chi connectivity index (χ1v) is 11.9. The predicted octanol–water partition coefficient (Wildman–Crippen LogP) is 2.05. The number of carbonyl (C=O) groups excluding carboxylic acids is 1. The lowest BCUT2D eigenvalue weighted by molar-refractivity contribution is 0.0589. The van der Waals surface area contributed by atoms with Gasteiger partial charge in [0.2, 0.25) is 0 Å². The SMILES string of the molecule is CN(C(=O)OC(C)(C)C)c1cc(F)cc2c1[nH]c1ncc(B(O)O)c(N3CC4CCN(C)C4C3)c12. The number of amides is 1. The Morgan fingerprint density at radius 1 is 1.31 bits per heavy atom. The maximum atomic E-state index is 14.9. The van der Waals surface area contributed by atoms with Crippen LogP contribution in [0.2, 0.25) is 0 Å². The standard InChI is InChI=1S/C24H31BFN5O4/c1-24(2,3)35-23(32)30(5)17-9-14(26)8-15-19-21(31-11-13-6-7-29(4)18(13)12-31)16(25(33)34)10-27-22(19)28-20(15)17/h8-10,13,18,33-34H,6-7,11-12H2,1-5H3,(H,27,28). The molecule has 2 atom stereocenters. The number of ether oxygens (including phenoxy) is 1. The Morgan fingerprint density at radius 2 is 2.06 bits per heavy atom. The molecule has 3 aromatic rings. The van der Waals surface area contributed by atoms with Gasteiger partial charge in [-0.1, -0.05) is 0 Å². The van der Waals surface area contributed by atoms with E-state index in [0.29, 0.717) is 45.3 Å². The number of hydrogen-bond donors (Lipinski definition) is 3. The summed E-state index contributed by atoms with van der Waals surface area (Å²) in [6.45, 7) is 7.84. The number of nitrogens with one attached hydrogen (secondary N) is 1. The third-order valence-electron chi connectivity index (χ3n) is 7.12. The van der Waals surface area contributed by atoms with E-state index in [4.69, 9.17) is 4.74 Å². The Hall–Kier alpha value is -2.89. The maximum absolute atomic E-state index is 14.9. The number of rotatable bonds is 3. The summed E-state index contributed by atoms with van der Waals surface area (Å²) in [4.78, 5) is 26.2. The van der Waals surface area contributed by atoms with Crippen LogP contribution >= 0.6 is 0 Å². The lowest BCUT2D eigenvalue weighted by Gasteiger charge is -2.26. The van der Waals surface area contributed by atoms with Gasteiger partial charge >= 0.3 is 13.2 Å². The molecule has 0 radical (unpaired) electrons. The van der Waals surface area contributed by atoms with Crippen molar-refractivity contribution in [2.24, 2.45) is 5.92 Å². The highest BCUT2D eigenvalue weighted by atomic mass is 19.1. The molecular formula is C24H31BFN5O4. The summed E-state index contributed by atoms with van der Waals surface area (Å²) in [5.74, 6) is -0.0505. The zero-order valence-corrected chi connectivity index (χ0v) is 20.7. The fraction of sp³-hybridized carbons (Fsp3) is 0.500. The molecule has 0 bridgehead atoms. The van der Waals surface area contributed by atoms with Gasteiger partial charge in [0.05, 0.1) is 11.2 Å². The van der Waals surface area contributed by atoms with Crippen molar-refractivity contribution in [1.82, 2.24) is 14.9 Å². The molecule has 1 aromatic carbocycles. The summed E-state index contributed by atoms with van der Waals surface area (Å²) < 4.78 is 20.4. The number of likely N-dealkylation sites (tertiary alicyclic amines) is 1. The Morgan fingerprint density at radius 3 is 2.71 bits per heavy atom. The molecule has 35 heavy (non-hydrogen) atoms. The van der Waals surface area contributed by atoms with Gasteiger partial charge in [-0.3, -0.25) is 4.90 Å². The number of carbonyl (C=O) groups is 1. The number of hydrogen-bond acceptors (Lipinski definition) is 7. The van der Waals surface area contributed by atoms with Gasteiger partial charge in [0.1, 0.15) is 17.1 Å². The summed E-state index contributed by atoms with van der Waals surface area (Å²) in [6.07, 6.45) is 1.91. The second-order valence-corrected chi connectivity index (χ2v) is 10.7. The van der Waals surface area contributed by atoms with Crippen molar-refractivity contribution in [3.8, 4) is 0 Å². The van der Waals surface area contributed by atoms with Gasteiger partial charge in [0.25, 0.3) is 0 Å². The van der Waals surface area contributed by atoms with E-state index in [1.807, 2.05) is 0 Å². The topological polar surface area (TPSA) is 105 Å². The predicted molar refractivity (Wildman–Crippen MR) is 135 cm³/mol. The molecule has 0 aliphatic carbocycles. The first-order valence-electron chi connectivity index (χ1n) is 11.9. The lowest BCUT2D eigenvalue weighted by Crippen LogP contribution is -2.39. The van der Waals surface area contributed by atoms with Gasteiger partial charge in [-0.2, -0.15) is 0 Å². The normalized spacial score (nSPS) is 20.6. The van der Waals surface area contributed by atoms with Crippen LogP contribution in [0.5, 0.6) is 0 Å². The van der Waals surface area contributed by atoms with Gasteiger partial charge in [-0.25, -0.2) is 14.2 Å². The quantitative estimate of drug-likeness (QED) is 0.490. The number of nitrogens with zero attached hydrogens (tertiary/aromatic N) is 4. The third kappa shape index (κ3) is 4.11. The Bertz CT molecular complexity index is 1310. The molecule has 2 unspecified atom stereocenters. The number of aromatic nitrogens is 2. The number of anilines is 2. The van der Waals surface area contributed by atoms with Crippen molar-refractivity contribution in [3.63, 3.8) is 0 Å². The van der Waals surface area contributed by atoms with Crippen LogP contribution in [0.25, 0.3) is 21.9 Å². The molecule has 2 fully saturated rings. The minimum absolute atomic E-state index is 0.271. The highest BCUT2D eigenvalue weighted by Crippen LogP contribution is 2.40. The third-order valence-corrected chi connectivity index (χ3v) is 7.12. The monoisotopic (exact) mass is 483 g/mol. The van der Waals surface area contributed by atoms with E-state index in [0.717, 1.165) is 26.1 Å². The summed E-state index contributed by atoms with van der Waals surface area (Å²) in [7, 11) is 1.91. The molecule has 2 aliphatic heterocycles. The average molecular weight is 483 g/mol. The zero-order chi connectivity index (χ0) is 25.2. The first-order chi connectivity index (χ1) is 16.4. The summed E-state index contributed by atoms with van der Waals surface area (Å²) in [5.41, 5.74) is 1.50. The Kier molecular flexibility index (Phi) is 5.69. The first kappa shape index (κ1) is 23.8. The molecule has 186 valence electrons. The lowest BCUT2D eigenvalue weighted by atomic mass is 9.79. The number of likely N-dealkylation sites (N-methyl/N-ethyl adjacent to an activating group) is 1. The minimum Gasteiger partial charge on any atom is -0.443 e. The average Bonchev–Trinajstić information content (AvgIpc) is 3.44. The maximum Gasteiger partial charge on any atom is 0.492 e. The number of halogens is 1. The van der Waals surface area contributed by atoms with Crippen LogP contribution in [0.1, 0.15) is 27.2 Å². The summed E-state index contributed by atoms with van der Waals surface area (Å²) in [5, 5.41) is 21.5. The molecule has 0 spiro atoms. The summed E-state index contributed by atoms with van der Waals surface area (Å²) in [6, 6.07) is 3.04. The van der Waals surface area contributed by atoms with Crippen LogP contribution in [-0.2, 0) is 4.74 Å². The molecule has 0 saturated carbocycles. The highest BCUT2D eigenvalue weighted by Gasteiger charge is 2.41. The van der Waals surface area contributed by atoms with Crippen LogP contribution in [0, 0.1) is 11.7 Å². The second kappa shape index (κ2) is 8.36. The van der Waals surface area contributed by atoms with Gasteiger partial charge < -0.3 is 29.6 Å². The van der Waals surface area contributed by atoms with Crippen LogP contribution in [0.3, 0.4) is 0 Å². The van der Waals surface area contributed by atoms with Gasteiger partial charge in [0.15, 0.2) is 0 Å². The van der Waals surface area contributed by atoms with E-state index in [9.17, 15) is 19.2 Å². The molecule has 11 heteroatoms. The number of aromatic amines is 1. The van der Waals surface area contributed by atoms with Crippen molar-refractivity contribution >= 4 is 52.0 Å². The molecule has 2 aromatic heterocycles. The van der Waals surface area contributed by atoms with E-state index in [2.05, 4.69) is 26.8 Å². The number of H-pyrrole nitrogens is 1. The van der Waals surface area contributed by atoms with E-state index in [1.54, 1.807) is 20.8 Å². The van der Waals surface area contributed by atoms with Crippen molar-refractivity contribution in [2.45, 2.75) is 38.8 Å². The van der Waals surface area contributed by atoms with E-state index in [-0.39, 0.29) is 5.46 Å². The number of benzene rings is 1. The van der Waals surface area contributed by atoms with Crippen molar-refractivity contribution < 1.29 is 24.0 Å². The fourth-order valence-corrected chi connectivity index (χ4v) is 5.48. The molecule has 5 rings (SSSR count). The van der Waals surface area contributed by atoms with Crippen molar-refractivity contribution in [2.75, 3.05) is 43.5 Å². The van der Waals surface area contributed by atoms with E-state index < -0.39 is 24.6 Å². The van der Waals surface area contributed by atoms with Crippen LogP contribution in [0.15, 0.2) is 18.3 Å². The minimum atomic E-state index is -1.73. The molecule has 9 nitrogen and oxygen atoms in total. The van der Waals surface area contributed by atoms with E-state index >= 15 is 0 Å². The number of pyridine rings is 1. The van der Waals surface area contributed by atoms with E-state index in [1.165, 1.54) is 30.3 Å². The number of fused-ring (bicyclic) bond motifs is 4. The molecule has 3 N–H and O–H groups in total. The summed E-state index contributed by atoms with van der Waals surface area (Å²) >= 11 is 0. The molecule has 2 saturated heterocycles. The zero-order valence-electron chi connectivity index (χ0n) is 20.7. The molecule has 4 heterocycles. The van der Waals surface area contributed by atoms with Crippen LogP contribution < -0.4 is 15.3 Å². The molecule has 1 amide bonds. The Labute approximate surface area is 203 Å². The van der Waals surface area contributed by atoms with Gasteiger partial charge in [-0.15, -0.1) is 0 Å². The van der Waals surface area contributed by atoms with Crippen molar-refractivity contribution in [3.05, 3.63) is 24.1 Å². The van der Waals surface area contributed by atoms with Crippen LogP contribution in [0.4, 0.5) is 20.6 Å².